The molecule has 1 aromatic rings. The zero-order chi connectivity index (χ0) is 22.3. The van der Waals surface area contributed by atoms with Crippen LogP contribution in [0.5, 0.6) is 0 Å². The summed E-state index contributed by atoms with van der Waals surface area (Å²) in [6.07, 6.45) is -1.49. The summed E-state index contributed by atoms with van der Waals surface area (Å²) in [6.45, 7) is 1.38. The predicted molar refractivity (Wildman–Crippen MR) is 86.3 cm³/mol. The summed E-state index contributed by atoms with van der Waals surface area (Å²) in [4.78, 5) is 12.2. The zero-order valence-electron chi connectivity index (χ0n) is 18.0. The van der Waals surface area contributed by atoms with Gasteiger partial charge in [0.1, 0.15) is 11.1 Å². The molecule has 0 spiro atoms. The largest absolute Gasteiger partial charge is 0.463 e. The molecule has 0 aromatic heterocycles. The van der Waals surface area contributed by atoms with Crippen molar-refractivity contribution in [3.63, 3.8) is 0 Å². The van der Waals surface area contributed by atoms with Gasteiger partial charge in [0.25, 0.3) is 0 Å². The molecule has 0 saturated heterocycles. The van der Waals surface area contributed by atoms with Gasteiger partial charge in [0.05, 0.1) is 27.0 Å². The highest BCUT2D eigenvalue weighted by molar-refractivity contribution is 7.93. The molecule has 0 amide bonds. The summed E-state index contributed by atoms with van der Waals surface area (Å²) in [5.74, 6) is -2.54. The smallest absolute Gasteiger partial charge is 0.335 e. The maximum atomic E-state index is 13.8. The molecule has 2 rings (SSSR count). The molecule has 0 heterocycles. The average Bonchev–Trinajstić information content (AvgIpc) is 2.63. The first-order valence-corrected chi connectivity index (χ1v) is 8.52. The normalized spacial score (nSPS) is 24.1. The Morgan fingerprint density at radius 1 is 1.65 bits per heavy atom. The summed E-state index contributed by atoms with van der Waals surface area (Å²) in [7, 11) is -5.06. The second-order valence-corrected chi connectivity index (χ2v) is 6.52. The molecule has 0 aliphatic heterocycles. The van der Waals surface area contributed by atoms with Crippen LogP contribution in [0, 0.1) is 5.82 Å². The van der Waals surface area contributed by atoms with Crippen LogP contribution in [0.3, 0.4) is 0 Å². The third-order valence-corrected chi connectivity index (χ3v) is 4.59. The van der Waals surface area contributed by atoms with E-state index in [0.29, 0.717) is 0 Å². The summed E-state index contributed by atoms with van der Waals surface area (Å²) in [5, 5.41) is -3.07. The van der Waals surface area contributed by atoms with E-state index >= 15 is 0 Å². The molecule has 23 heavy (non-hydrogen) atoms. The lowest BCUT2D eigenvalue weighted by atomic mass is 9.99. The number of rotatable bonds is 5. The monoisotopic (exact) mass is 367 g/mol. The third-order valence-electron chi connectivity index (χ3n) is 2.87. The fourth-order valence-corrected chi connectivity index (χ4v) is 3.49. The van der Waals surface area contributed by atoms with Gasteiger partial charge in [-0.05, 0) is 44.3 Å². The van der Waals surface area contributed by atoms with Gasteiger partial charge >= 0.3 is 5.97 Å². The zero-order valence-corrected chi connectivity index (χ0v) is 13.6. The predicted octanol–water partition coefficient (Wildman–Crippen LogP) is 3.26. The Hall–Kier alpha value is -1.60. The number of halogens is 2. The Balaban J connectivity index is 2.68. The molecule has 1 aliphatic rings. The van der Waals surface area contributed by atoms with E-state index in [-0.39, 0.29) is 24.2 Å². The van der Waals surface area contributed by atoms with E-state index < -0.39 is 67.8 Å². The van der Waals surface area contributed by atoms with Crippen LogP contribution in [-0.2, 0) is 19.6 Å². The number of carbonyl (C=O) groups is 1. The van der Waals surface area contributed by atoms with Crippen molar-refractivity contribution in [1.82, 2.24) is 0 Å². The standard InChI is InChI=1S/C15H17ClFNO4S/c1-2-22-15(19)11-5-3-4-6-14(11)23(20,21)18-13-8-7-10(17)9-12(13)16/h5,7-9,14,18H,2-4,6H2,1H3/t14-/m1/s1/i6D2,7D,8D,9D/hD. The van der Waals surface area contributed by atoms with Crippen molar-refractivity contribution in [2.45, 2.75) is 31.4 Å². The summed E-state index contributed by atoms with van der Waals surface area (Å²) in [6, 6.07) is -3.29. The lowest BCUT2D eigenvalue weighted by Gasteiger charge is -2.24. The number of nitrogens with one attached hydrogen (secondary N) is 1. The van der Waals surface area contributed by atoms with E-state index in [1.54, 1.807) is 0 Å². The molecule has 126 valence electrons. The van der Waals surface area contributed by atoms with Crippen LogP contribution < -0.4 is 4.72 Å². The number of carbonyl (C=O) groups excluding carboxylic acids is 1. The van der Waals surface area contributed by atoms with Gasteiger partial charge in [-0.3, -0.25) is 4.72 Å². The van der Waals surface area contributed by atoms with Gasteiger partial charge in [0.2, 0.25) is 10.0 Å². The lowest BCUT2D eigenvalue weighted by molar-refractivity contribution is -0.138. The molecule has 0 saturated carbocycles. The number of hydrogen-bond acceptors (Lipinski definition) is 4. The van der Waals surface area contributed by atoms with Gasteiger partial charge in [-0.25, -0.2) is 17.6 Å². The second kappa shape index (κ2) is 7.31. The van der Waals surface area contributed by atoms with Crippen LogP contribution in [0.1, 0.15) is 33.0 Å². The highest BCUT2D eigenvalue weighted by atomic mass is 35.5. The molecule has 0 unspecified atom stereocenters. The molecule has 1 N–H and O–H groups in total. The van der Waals surface area contributed by atoms with Gasteiger partial charge in [-0.15, -0.1) is 0 Å². The number of allylic oxidation sites excluding steroid dienone is 1. The van der Waals surface area contributed by atoms with E-state index in [2.05, 4.69) is 0 Å². The summed E-state index contributed by atoms with van der Waals surface area (Å²) in [5.41, 5.74) is -1.49. The van der Waals surface area contributed by atoms with Crippen molar-refractivity contribution < 1.29 is 30.6 Å². The van der Waals surface area contributed by atoms with E-state index in [9.17, 15) is 17.6 Å². The third kappa shape index (κ3) is 4.23. The molecule has 1 atom stereocenters. The first-order chi connectivity index (χ1) is 13.3. The fraction of sp³-hybridized carbons (Fsp3) is 0.400. The fourth-order valence-electron chi connectivity index (χ4n) is 1.93. The highest BCUT2D eigenvalue weighted by Crippen LogP contribution is 2.30. The van der Waals surface area contributed by atoms with E-state index in [0.717, 1.165) is 0 Å². The van der Waals surface area contributed by atoms with Crippen molar-refractivity contribution in [2.75, 3.05) is 11.3 Å². The maximum absolute atomic E-state index is 13.8. The van der Waals surface area contributed by atoms with Crippen LogP contribution in [-0.4, -0.2) is 26.2 Å². The van der Waals surface area contributed by atoms with Crippen LogP contribution in [0.4, 0.5) is 10.1 Å². The Bertz CT molecular complexity index is 959. The van der Waals surface area contributed by atoms with Crippen molar-refractivity contribution in [2.24, 2.45) is 0 Å². The molecule has 0 bridgehead atoms. The number of anilines is 1. The van der Waals surface area contributed by atoms with Crippen molar-refractivity contribution in [1.29, 1.82) is 0 Å². The van der Waals surface area contributed by atoms with E-state index in [1.165, 1.54) is 13.0 Å². The summed E-state index contributed by atoms with van der Waals surface area (Å²) < 4.78 is 91.5. The number of ether oxygens (including phenoxy) is 1. The Kier molecular flexibility index (Phi) is 3.51. The Morgan fingerprint density at radius 2 is 2.39 bits per heavy atom. The minimum Gasteiger partial charge on any atom is -0.463 e. The van der Waals surface area contributed by atoms with Gasteiger partial charge in [0, 0.05) is 2.74 Å². The Labute approximate surface area is 148 Å². The molecule has 1 aliphatic carbocycles. The van der Waals surface area contributed by atoms with Gasteiger partial charge in [-0.2, -0.15) is 0 Å². The first kappa shape index (κ1) is 11.0. The maximum Gasteiger partial charge on any atom is 0.335 e. The minimum atomic E-state index is -5.06. The SMILES string of the molecule is [2H]c1c([2H])c(N([2H])S(=O)(=O)[C@H]2C(C(=O)OCC)=CCCC2([2H])[2H])c(Cl)c([2H])c1F. The minimum absolute atomic E-state index is 0.0555. The number of sulfonamides is 1. The van der Waals surface area contributed by atoms with Gasteiger partial charge in [0.15, 0.2) is 1.41 Å². The molecule has 1 aromatic carbocycles. The van der Waals surface area contributed by atoms with Gasteiger partial charge in [-0.1, -0.05) is 17.7 Å². The van der Waals surface area contributed by atoms with Crippen LogP contribution in [0.25, 0.3) is 0 Å². The quantitative estimate of drug-likeness (QED) is 0.811. The average molecular weight is 368 g/mol. The lowest BCUT2D eigenvalue weighted by Crippen LogP contribution is -2.34. The second-order valence-electron chi connectivity index (χ2n) is 4.46. The topological polar surface area (TPSA) is 72.5 Å². The van der Waals surface area contributed by atoms with Crippen molar-refractivity contribution in [3.05, 3.63) is 40.6 Å². The summed E-state index contributed by atoms with van der Waals surface area (Å²) >= 11 is 5.78. The molecule has 0 fully saturated rings. The number of benzene rings is 1. The first-order valence-electron chi connectivity index (χ1n) is 9.58. The van der Waals surface area contributed by atoms with E-state index in [1.807, 2.05) is 0 Å². The molecular formula is C15H17ClFNO4S. The Morgan fingerprint density at radius 3 is 3.09 bits per heavy atom. The van der Waals surface area contributed by atoms with Crippen LogP contribution >= 0.6 is 11.6 Å². The van der Waals surface area contributed by atoms with Crippen LogP contribution in [0.15, 0.2) is 29.8 Å². The number of esters is 1. The van der Waals surface area contributed by atoms with Crippen molar-refractivity contribution >= 4 is 33.3 Å². The van der Waals surface area contributed by atoms with Crippen LogP contribution in [0.2, 0.25) is 6.43 Å². The van der Waals surface area contributed by atoms with E-state index in [4.69, 9.17) is 24.6 Å². The molecular weight excluding hydrogens is 345 g/mol. The highest BCUT2D eigenvalue weighted by Gasteiger charge is 2.35. The molecule has 8 heteroatoms. The van der Waals surface area contributed by atoms with Crippen molar-refractivity contribution in [3.8, 4) is 0 Å². The molecule has 0 radical (unpaired) electrons. The number of hydrogen-bond donors (Lipinski definition) is 1. The molecule has 5 nitrogen and oxygen atoms in total. The van der Waals surface area contributed by atoms with Gasteiger partial charge < -0.3 is 4.74 Å².